The molecule has 0 atom stereocenters. The highest BCUT2D eigenvalue weighted by molar-refractivity contribution is 9.10. The fourth-order valence-corrected chi connectivity index (χ4v) is 2.41. The van der Waals surface area contributed by atoms with Crippen molar-refractivity contribution < 1.29 is 0 Å². The minimum Gasteiger partial charge on any atom is -0.398 e. The summed E-state index contributed by atoms with van der Waals surface area (Å²) in [6.07, 6.45) is 2.11. The summed E-state index contributed by atoms with van der Waals surface area (Å²) in [6.45, 7) is 0.838. The van der Waals surface area contributed by atoms with Gasteiger partial charge >= 0.3 is 0 Å². The maximum atomic E-state index is 5.91. The van der Waals surface area contributed by atoms with Gasteiger partial charge in [-0.1, -0.05) is 24.3 Å². The van der Waals surface area contributed by atoms with Crippen molar-refractivity contribution in [2.45, 2.75) is 6.54 Å². The predicted octanol–water partition coefficient (Wildman–Crippen LogP) is 4.03. The zero-order valence-corrected chi connectivity index (χ0v) is 11.4. The molecular formula is C15H13BrN2. The van der Waals surface area contributed by atoms with Gasteiger partial charge in [-0.15, -0.1) is 0 Å². The van der Waals surface area contributed by atoms with Gasteiger partial charge in [0.2, 0.25) is 0 Å². The van der Waals surface area contributed by atoms with Crippen LogP contribution in [-0.2, 0) is 6.54 Å². The van der Waals surface area contributed by atoms with E-state index in [1.807, 2.05) is 12.1 Å². The number of benzene rings is 2. The lowest BCUT2D eigenvalue weighted by molar-refractivity contribution is 0.837. The highest BCUT2D eigenvalue weighted by atomic mass is 79.9. The molecule has 3 aromatic rings. The number of hydrogen-bond donors (Lipinski definition) is 1. The number of hydrogen-bond acceptors (Lipinski definition) is 1. The number of nitrogen functional groups attached to an aromatic ring is 1. The van der Waals surface area contributed by atoms with E-state index in [9.17, 15) is 0 Å². The number of para-hydroxylation sites is 1. The van der Waals surface area contributed by atoms with Crippen molar-refractivity contribution in [2.75, 3.05) is 5.73 Å². The second kappa shape index (κ2) is 4.50. The summed E-state index contributed by atoms with van der Waals surface area (Å²) in [4.78, 5) is 0. The third-order valence-corrected chi connectivity index (χ3v) is 3.82. The van der Waals surface area contributed by atoms with Gasteiger partial charge in [-0.2, -0.15) is 0 Å². The Balaban J connectivity index is 1.98. The van der Waals surface area contributed by atoms with Crippen LogP contribution in [0.3, 0.4) is 0 Å². The Hall–Kier alpha value is -1.74. The second-order valence-electron chi connectivity index (χ2n) is 4.36. The first-order valence-electron chi connectivity index (χ1n) is 5.82. The first kappa shape index (κ1) is 11.4. The van der Waals surface area contributed by atoms with Crippen molar-refractivity contribution in [1.29, 1.82) is 0 Å². The van der Waals surface area contributed by atoms with Crippen molar-refractivity contribution in [2.24, 2.45) is 0 Å². The van der Waals surface area contributed by atoms with Crippen molar-refractivity contribution in [1.82, 2.24) is 4.57 Å². The smallest absolute Gasteiger partial charge is 0.0483 e. The summed E-state index contributed by atoms with van der Waals surface area (Å²) >= 11 is 3.42. The van der Waals surface area contributed by atoms with E-state index >= 15 is 0 Å². The quantitative estimate of drug-likeness (QED) is 0.712. The highest BCUT2D eigenvalue weighted by Crippen LogP contribution is 2.22. The molecule has 0 bridgehead atoms. The van der Waals surface area contributed by atoms with Crippen LogP contribution in [0.4, 0.5) is 5.69 Å². The number of rotatable bonds is 2. The Morgan fingerprint density at radius 2 is 1.89 bits per heavy atom. The molecule has 0 spiro atoms. The molecule has 2 N–H and O–H groups in total. The average Bonchev–Trinajstić information content (AvgIpc) is 2.78. The van der Waals surface area contributed by atoms with Crippen LogP contribution in [0.2, 0.25) is 0 Å². The maximum Gasteiger partial charge on any atom is 0.0483 e. The molecule has 0 amide bonds. The molecule has 0 radical (unpaired) electrons. The van der Waals surface area contributed by atoms with Gasteiger partial charge in [-0.05, 0) is 51.1 Å². The van der Waals surface area contributed by atoms with Crippen LogP contribution in [0.15, 0.2) is 59.2 Å². The molecule has 3 rings (SSSR count). The van der Waals surface area contributed by atoms with Crippen molar-refractivity contribution in [3.8, 4) is 0 Å². The van der Waals surface area contributed by atoms with Crippen molar-refractivity contribution in [3.63, 3.8) is 0 Å². The molecule has 90 valence electrons. The summed E-state index contributed by atoms with van der Waals surface area (Å²) in [5, 5.41) is 1.27. The second-order valence-corrected chi connectivity index (χ2v) is 5.21. The molecule has 0 fully saturated rings. The van der Waals surface area contributed by atoms with Crippen LogP contribution >= 0.6 is 15.9 Å². The molecule has 1 heterocycles. The first-order chi connectivity index (χ1) is 8.74. The summed E-state index contributed by atoms with van der Waals surface area (Å²) in [7, 11) is 0. The number of fused-ring (bicyclic) bond motifs is 1. The Morgan fingerprint density at radius 1 is 1.06 bits per heavy atom. The third-order valence-electron chi connectivity index (χ3n) is 3.09. The van der Waals surface area contributed by atoms with Crippen LogP contribution in [0.5, 0.6) is 0 Å². The topological polar surface area (TPSA) is 30.9 Å². The zero-order valence-electron chi connectivity index (χ0n) is 9.81. The van der Waals surface area contributed by atoms with E-state index in [2.05, 4.69) is 63.1 Å². The molecule has 0 aliphatic rings. The van der Waals surface area contributed by atoms with Gasteiger partial charge in [-0.25, -0.2) is 0 Å². The Bertz CT molecular complexity index is 701. The fraction of sp³-hybridized carbons (Fsp3) is 0.0667. The van der Waals surface area contributed by atoms with E-state index in [0.29, 0.717) is 0 Å². The number of halogens is 1. The molecule has 1 aromatic heterocycles. The predicted molar refractivity (Wildman–Crippen MR) is 79.6 cm³/mol. The largest absolute Gasteiger partial charge is 0.398 e. The number of nitrogens with zero attached hydrogens (tertiary/aromatic N) is 1. The van der Waals surface area contributed by atoms with Crippen LogP contribution in [0, 0.1) is 0 Å². The molecule has 2 nitrogen and oxygen atoms in total. The highest BCUT2D eigenvalue weighted by Gasteiger charge is 2.02. The van der Waals surface area contributed by atoms with E-state index in [-0.39, 0.29) is 0 Å². The molecule has 0 aliphatic heterocycles. The molecule has 0 saturated carbocycles. The number of aromatic nitrogens is 1. The molecule has 0 saturated heterocycles. The summed E-state index contributed by atoms with van der Waals surface area (Å²) in [5.41, 5.74) is 9.14. The molecular weight excluding hydrogens is 288 g/mol. The van der Waals surface area contributed by atoms with Gasteiger partial charge in [0, 0.05) is 28.4 Å². The van der Waals surface area contributed by atoms with Gasteiger partial charge in [-0.3, -0.25) is 0 Å². The van der Waals surface area contributed by atoms with Crippen molar-refractivity contribution >= 4 is 32.5 Å². The molecule has 0 aliphatic carbocycles. The van der Waals surface area contributed by atoms with Gasteiger partial charge in [0.15, 0.2) is 0 Å². The molecule has 0 unspecified atom stereocenters. The van der Waals surface area contributed by atoms with Gasteiger partial charge in [0.1, 0.15) is 0 Å². The lowest BCUT2D eigenvalue weighted by atomic mass is 10.2. The maximum absolute atomic E-state index is 5.91. The summed E-state index contributed by atoms with van der Waals surface area (Å²) < 4.78 is 3.18. The summed E-state index contributed by atoms with van der Waals surface area (Å²) in [6, 6.07) is 16.6. The minimum atomic E-state index is 0.781. The molecule has 18 heavy (non-hydrogen) atoms. The minimum absolute atomic E-state index is 0.781. The van der Waals surface area contributed by atoms with E-state index in [1.165, 1.54) is 16.5 Å². The average molecular weight is 301 g/mol. The number of nitrogens with two attached hydrogens (primary N) is 1. The van der Waals surface area contributed by atoms with E-state index in [4.69, 9.17) is 5.73 Å². The first-order valence-corrected chi connectivity index (χ1v) is 6.61. The monoisotopic (exact) mass is 300 g/mol. The van der Waals surface area contributed by atoms with Crippen LogP contribution in [0.1, 0.15) is 5.56 Å². The summed E-state index contributed by atoms with van der Waals surface area (Å²) in [5.74, 6) is 0. The van der Waals surface area contributed by atoms with Gasteiger partial charge in [0.05, 0.1) is 0 Å². The number of anilines is 1. The Kier molecular flexibility index (Phi) is 2.84. The van der Waals surface area contributed by atoms with Crippen LogP contribution < -0.4 is 5.73 Å². The van der Waals surface area contributed by atoms with Crippen LogP contribution in [-0.4, -0.2) is 4.57 Å². The van der Waals surface area contributed by atoms with E-state index < -0.39 is 0 Å². The fourth-order valence-electron chi connectivity index (χ4n) is 2.17. The van der Waals surface area contributed by atoms with Gasteiger partial charge in [0.25, 0.3) is 0 Å². The standard InChI is InChI=1S/C15H13BrN2/c16-13-6-5-11(9-14(13)17)10-18-8-7-12-3-1-2-4-15(12)18/h1-9H,10,17H2. The Labute approximate surface area is 114 Å². The SMILES string of the molecule is Nc1cc(Cn2ccc3ccccc32)ccc1Br. The van der Waals surface area contributed by atoms with Crippen LogP contribution in [0.25, 0.3) is 10.9 Å². The van der Waals surface area contributed by atoms with E-state index in [0.717, 1.165) is 16.7 Å². The Morgan fingerprint density at radius 3 is 2.72 bits per heavy atom. The molecule has 2 aromatic carbocycles. The normalized spacial score (nSPS) is 10.9. The lowest BCUT2D eigenvalue weighted by Crippen LogP contribution is -1.99. The third kappa shape index (κ3) is 2.02. The molecule has 3 heteroatoms. The van der Waals surface area contributed by atoms with Gasteiger partial charge < -0.3 is 10.3 Å². The lowest BCUT2D eigenvalue weighted by Gasteiger charge is -2.07. The van der Waals surface area contributed by atoms with E-state index in [1.54, 1.807) is 0 Å². The zero-order chi connectivity index (χ0) is 12.5. The van der Waals surface area contributed by atoms with Crippen molar-refractivity contribution in [3.05, 3.63) is 64.8 Å².